The normalized spacial score (nSPS) is 11.2. The molecule has 0 atom stereocenters. The predicted molar refractivity (Wildman–Crippen MR) is 101 cm³/mol. The molecule has 0 aliphatic rings. The van der Waals surface area contributed by atoms with Crippen LogP contribution in [0.2, 0.25) is 0 Å². The van der Waals surface area contributed by atoms with Crippen LogP contribution in [0.25, 0.3) is 0 Å². The third-order valence-corrected chi connectivity index (χ3v) is 4.23. The first kappa shape index (κ1) is 18.5. The number of nitrogens with zero attached hydrogens (tertiary/aromatic N) is 1. The van der Waals surface area contributed by atoms with Crippen molar-refractivity contribution in [1.29, 1.82) is 0 Å². The Morgan fingerprint density at radius 1 is 1.29 bits per heavy atom. The quantitative estimate of drug-likeness (QED) is 0.525. The summed E-state index contributed by atoms with van der Waals surface area (Å²) in [6, 6.07) is 10.5. The summed E-state index contributed by atoms with van der Waals surface area (Å²) in [4.78, 5) is 11.9. The molecule has 0 aromatic heterocycles. The summed E-state index contributed by atoms with van der Waals surface area (Å²) in [5.41, 5.74) is 4.38. The number of carbonyl (C=O) groups is 1. The first-order valence-electron chi connectivity index (χ1n) is 7.08. The number of phenols is 1. The zero-order chi connectivity index (χ0) is 17.7. The molecule has 0 fully saturated rings. The molecule has 7 heteroatoms. The van der Waals surface area contributed by atoms with Crippen LogP contribution in [0.4, 0.5) is 0 Å². The molecule has 0 bridgehead atoms. The van der Waals surface area contributed by atoms with Gasteiger partial charge in [0.25, 0.3) is 5.91 Å². The van der Waals surface area contributed by atoms with E-state index in [1.54, 1.807) is 31.2 Å². The molecule has 0 spiro atoms. The van der Waals surface area contributed by atoms with E-state index in [1.807, 2.05) is 19.1 Å². The van der Waals surface area contributed by atoms with Crippen molar-refractivity contribution in [3.8, 4) is 11.5 Å². The lowest BCUT2D eigenvalue weighted by Crippen LogP contribution is -2.25. The summed E-state index contributed by atoms with van der Waals surface area (Å²) < 4.78 is 7.23. The molecule has 2 aromatic rings. The van der Waals surface area contributed by atoms with Gasteiger partial charge in [-0.25, -0.2) is 5.43 Å². The molecule has 5 nitrogen and oxygen atoms in total. The van der Waals surface area contributed by atoms with Crippen LogP contribution in [0.15, 0.2) is 50.4 Å². The molecular formula is C17H16Br2N2O3. The Bertz CT molecular complexity index is 768. The van der Waals surface area contributed by atoms with Gasteiger partial charge < -0.3 is 9.84 Å². The Morgan fingerprint density at radius 2 is 2.00 bits per heavy atom. The van der Waals surface area contributed by atoms with Crippen LogP contribution < -0.4 is 10.2 Å². The first-order chi connectivity index (χ1) is 11.4. The van der Waals surface area contributed by atoms with E-state index in [4.69, 9.17) is 4.74 Å². The Balaban J connectivity index is 1.97. The smallest absolute Gasteiger partial charge is 0.277 e. The number of ether oxygens (including phenoxy) is 1. The molecule has 0 aliphatic carbocycles. The summed E-state index contributed by atoms with van der Waals surface area (Å²) in [5.74, 6) is 0.326. The van der Waals surface area contributed by atoms with Crippen molar-refractivity contribution < 1.29 is 14.6 Å². The summed E-state index contributed by atoms with van der Waals surface area (Å²) in [6.07, 6.45) is 0. The summed E-state index contributed by atoms with van der Waals surface area (Å²) in [7, 11) is 0. The minimum Gasteiger partial charge on any atom is -0.507 e. The van der Waals surface area contributed by atoms with Crippen molar-refractivity contribution in [2.24, 2.45) is 5.10 Å². The molecule has 24 heavy (non-hydrogen) atoms. The zero-order valence-corrected chi connectivity index (χ0v) is 16.3. The maximum atomic E-state index is 11.9. The average Bonchev–Trinajstić information content (AvgIpc) is 2.52. The minimum atomic E-state index is -0.390. The number of hydrogen-bond donors (Lipinski definition) is 2. The topological polar surface area (TPSA) is 70.9 Å². The molecule has 0 aliphatic heterocycles. The first-order valence-corrected chi connectivity index (χ1v) is 8.67. The highest BCUT2D eigenvalue weighted by molar-refractivity contribution is 9.11. The monoisotopic (exact) mass is 454 g/mol. The number of aromatic hydroxyl groups is 1. The van der Waals surface area contributed by atoms with E-state index >= 15 is 0 Å². The van der Waals surface area contributed by atoms with Crippen LogP contribution in [-0.2, 0) is 4.79 Å². The van der Waals surface area contributed by atoms with Gasteiger partial charge >= 0.3 is 0 Å². The molecule has 126 valence electrons. The fourth-order valence-electron chi connectivity index (χ4n) is 2.03. The van der Waals surface area contributed by atoms with Crippen molar-refractivity contribution >= 4 is 43.5 Å². The summed E-state index contributed by atoms with van der Waals surface area (Å²) in [5, 5.41) is 13.7. The number of rotatable bonds is 5. The Labute approximate surface area is 157 Å². The van der Waals surface area contributed by atoms with Crippen LogP contribution >= 0.6 is 31.9 Å². The summed E-state index contributed by atoms with van der Waals surface area (Å²) >= 11 is 6.80. The van der Waals surface area contributed by atoms with E-state index in [0.717, 1.165) is 14.5 Å². The van der Waals surface area contributed by atoms with Gasteiger partial charge in [0.15, 0.2) is 6.61 Å². The van der Waals surface area contributed by atoms with Gasteiger partial charge in [0.2, 0.25) is 0 Å². The van der Waals surface area contributed by atoms with E-state index in [2.05, 4.69) is 42.4 Å². The number of phenolic OH excluding ortho intramolecular Hbond substituents is 1. The van der Waals surface area contributed by atoms with Gasteiger partial charge in [0.1, 0.15) is 11.5 Å². The van der Waals surface area contributed by atoms with E-state index in [0.29, 0.717) is 17.0 Å². The van der Waals surface area contributed by atoms with Crippen molar-refractivity contribution in [1.82, 2.24) is 5.43 Å². The fourth-order valence-corrected chi connectivity index (χ4v) is 3.58. The van der Waals surface area contributed by atoms with Crippen molar-refractivity contribution in [2.75, 3.05) is 6.61 Å². The molecule has 0 radical (unpaired) electrons. The third-order valence-electron chi connectivity index (χ3n) is 3.18. The number of nitrogens with one attached hydrogen (secondary N) is 1. The lowest BCUT2D eigenvalue weighted by Gasteiger charge is -2.11. The number of para-hydroxylation sites is 1. The number of aryl methyl sites for hydroxylation is 1. The van der Waals surface area contributed by atoms with Crippen LogP contribution in [-0.4, -0.2) is 23.3 Å². The van der Waals surface area contributed by atoms with E-state index in [-0.39, 0.29) is 18.3 Å². The van der Waals surface area contributed by atoms with Gasteiger partial charge in [-0.2, -0.15) is 5.10 Å². The van der Waals surface area contributed by atoms with E-state index in [9.17, 15) is 9.90 Å². The lowest BCUT2D eigenvalue weighted by molar-refractivity contribution is -0.123. The van der Waals surface area contributed by atoms with Gasteiger partial charge in [-0.15, -0.1) is 0 Å². The molecular weight excluding hydrogens is 440 g/mol. The second kappa shape index (κ2) is 8.30. The Kier molecular flexibility index (Phi) is 6.39. The van der Waals surface area contributed by atoms with Crippen LogP contribution in [0.3, 0.4) is 0 Å². The number of carbonyl (C=O) groups excluding carboxylic acids is 1. The summed E-state index contributed by atoms with van der Waals surface area (Å²) in [6.45, 7) is 3.42. The average molecular weight is 456 g/mol. The largest absolute Gasteiger partial charge is 0.507 e. The maximum Gasteiger partial charge on any atom is 0.277 e. The van der Waals surface area contributed by atoms with Crippen molar-refractivity contribution in [3.63, 3.8) is 0 Å². The molecule has 0 heterocycles. The van der Waals surface area contributed by atoms with E-state index in [1.165, 1.54) is 0 Å². The predicted octanol–water partition coefficient (Wildman–Crippen LogP) is 4.14. The second-order valence-corrected chi connectivity index (χ2v) is 6.84. The highest BCUT2D eigenvalue weighted by Gasteiger charge is 2.10. The molecule has 2 aromatic carbocycles. The second-order valence-electron chi connectivity index (χ2n) is 5.07. The van der Waals surface area contributed by atoms with Gasteiger partial charge in [-0.3, -0.25) is 4.79 Å². The fraction of sp³-hybridized carbons (Fsp3) is 0.176. The minimum absolute atomic E-state index is 0.110. The Morgan fingerprint density at radius 3 is 2.67 bits per heavy atom. The molecule has 0 saturated carbocycles. The Hall–Kier alpha value is -1.86. The lowest BCUT2D eigenvalue weighted by atomic mass is 10.1. The SMILES string of the molecule is C/C(=N/NC(=O)COc1c(C)cc(Br)cc1Br)c1ccccc1O. The van der Waals surface area contributed by atoms with Crippen LogP contribution in [0.1, 0.15) is 18.1 Å². The molecule has 2 N–H and O–H groups in total. The number of amides is 1. The molecule has 1 amide bonds. The van der Waals surface area contributed by atoms with Gasteiger partial charge in [0.05, 0.1) is 10.2 Å². The molecule has 2 rings (SSSR count). The highest BCUT2D eigenvalue weighted by atomic mass is 79.9. The maximum absolute atomic E-state index is 11.9. The van der Waals surface area contributed by atoms with Crippen molar-refractivity contribution in [3.05, 3.63) is 56.5 Å². The van der Waals surface area contributed by atoms with E-state index < -0.39 is 0 Å². The third kappa shape index (κ3) is 4.82. The van der Waals surface area contributed by atoms with Gasteiger partial charge in [-0.05, 0) is 59.6 Å². The molecule has 0 unspecified atom stereocenters. The van der Waals surface area contributed by atoms with Crippen LogP contribution in [0.5, 0.6) is 11.5 Å². The number of benzene rings is 2. The number of hydrazone groups is 1. The number of hydrogen-bond acceptors (Lipinski definition) is 4. The zero-order valence-electron chi connectivity index (χ0n) is 13.1. The molecule has 0 saturated heterocycles. The standard InChI is InChI=1S/C17H16Br2N2O3/c1-10-7-12(18)8-14(19)17(10)24-9-16(23)21-20-11(2)13-5-3-4-6-15(13)22/h3-8,22H,9H2,1-2H3,(H,21,23)/b20-11-. The van der Waals surface area contributed by atoms with Gasteiger partial charge in [0, 0.05) is 10.0 Å². The van der Waals surface area contributed by atoms with Crippen molar-refractivity contribution in [2.45, 2.75) is 13.8 Å². The highest BCUT2D eigenvalue weighted by Crippen LogP contribution is 2.32. The van der Waals surface area contributed by atoms with Crippen LogP contribution in [0, 0.1) is 6.92 Å². The number of halogens is 2. The van der Waals surface area contributed by atoms with Gasteiger partial charge in [-0.1, -0.05) is 28.1 Å².